The number of rotatable bonds is 0. The molecule has 0 radical (unpaired) electrons. The van der Waals surface area contributed by atoms with Crippen molar-refractivity contribution in [3.05, 3.63) is 0 Å². The van der Waals surface area contributed by atoms with E-state index in [0.29, 0.717) is 6.04 Å². The number of halogens is 3. The SMILES string of the molecule is CC(C)N.FB(F)F. The van der Waals surface area contributed by atoms with Crippen LogP contribution in [0.3, 0.4) is 0 Å². The van der Waals surface area contributed by atoms with E-state index in [1.54, 1.807) is 0 Å². The van der Waals surface area contributed by atoms with Gasteiger partial charge in [-0.1, -0.05) is 13.8 Å². The first-order valence-electron chi connectivity index (χ1n) is 2.14. The van der Waals surface area contributed by atoms with Gasteiger partial charge in [0.05, 0.1) is 0 Å². The summed E-state index contributed by atoms with van der Waals surface area (Å²) in [5, 5.41) is 0. The summed E-state index contributed by atoms with van der Waals surface area (Å²) in [5.41, 5.74) is 5.11. The number of hydrogen-bond donors (Lipinski definition) is 1. The van der Waals surface area contributed by atoms with Gasteiger partial charge in [-0.15, -0.1) is 0 Å². The Morgan fingerprint density at radius 3 is 1.25 bits per heavy atom. The highest BCUT2D eigenvalue weighted by molar-refractivity contribution is 6.33. The molecule has 0 aromatic rings. The Morgan fingerprint density at radius 2 is 1.25 bits per heavy atom. The fraction of sp³-hybridized carbons (Fsp3) is 1.00. The van der Waals surface area contributed by atoms with Crippen molar-refractivity contribution in [2.24, 2.45) is 5.73 Å². The lowest BCUT2D eigenvalue weighted by molar-refractivity contribution is 0.535. The zero-order valence-electron chi connectivity index (χ0n) is 4.87. The molecule has 0 aliphatic heterocycles. The van der Waals surface area contributed by atoms with Gasteiger partial charge >= 0.3 is 7.54 Å². The quantitative estimate of drug-likeness (QED) is 0.486. The van der Waals surface area contributed by atoms with Crippen LogP contribution in [0.4, 0.5) is 12.9 Å². The second-order valence-electron chi connectivity index (χ2n) is 1.49. The predicted molar refractivity (Wildman–Crippen MR) is 28.4 cm³/mol. The fourth-order valence-electron chi connectivity index (χ4n) is 0. The van der Waals surface area contributed by atoms with E-state index in [-0.39, 0.29) is 0 Å². The molecule has 8 heavy (non-hydrogen) atoms. The molecule has 0 rings (SSSR count). The van der Waals surface area contributed by atoms with Crippen molar-refractivity contribution in [2.75, 3.05) is 0 Å². The van der Waals surface area contributed by atoms with Crippen LogP contribution in [-0.2, 0) is 0 Å². The summed E-state index contributed by atoms with van der Waals surface area (Å²) in [6.07, 6.45) is 0. The van der Waals surface area contributed by atoms with Gasteiger partial charge in [0.25, 0.3) is 0 Å². The van der Waals surface area contributed by atoms with Crippen molar-refractivity contribution in [1.29, 1.82) is 0 Å². The molecule has 5 heteroatoms. The van der Waals surface area contributed by atoms with Crippen molar-refractivity contribution in [3.63, 3.8) is 0 Å². The van der Waals surface area contributed by atoms with E-state index in [2.05, 4.69) is 0 Å². The minimum atomic E-state index is -3.67. The molecule has 0 saturated heterocycles. The van der Waals surface area contributed by atoms with Crippen LogP contribution in [0.15, 0.2) is 0 Å². The molecule has 0 aliphatic rings. The molecule has 0 amide bonds. The summed E-state index contributed by atoms with van der Waals surface area (Å²) < 4.78 is 29.0. The van der Waals surface area contributed by atoms with Crippen molar-refractivity contribution in [3.8, 4) is 0 Å². The van der Waals surface area contributed by atoms with E-state index >= 15 is 0 Å². The lowest BCUT2D eigenvalue weighted by Crippen LogP contribution is -2.06. The first-order valence-corrected chi connectivity index (χ1v) is 2.14. The largest absolute Gasteiger partial charge is 0.762 e. The molecular weight excluding hydrogens is 118 g/mol. The molecule has 0 atom stereocenters. The summed E-state index contributed by atoms with van der Waals surface area (Å²) in [6.45, 7) is 3.89. The Labute approximate surface area is 47.3 Å². The van der Waals surface area contributed by atoms with Crippen molar-refractivity contribution in [2.45, 2.75) is 19.9 Å². The molecule has 0 bridgehead atoms. The van der Waals surface area contributed by atoms with Crippen LogP contribution < -0.4 is 5.73 Å². The first kappa shape index (κ1) is 10.7. The molecular formula is C3H9BF3N. The van der Waals surface area contributed by atoms with Gasteiger partial charge in [-0.05, 0) is 6.04 Å². The summed E-state index contributed by atoms with van der Waals surface area (Å²) in [5.74, 6) is 0. The second-order valence-corrected chi connectivity index (χ2v) is 1.49. The average molecular weight is 127 g/mol. The highest BCUT2D eigenvalue weighted by Crippen LogP contribution is 1.80. The lowest BCUT2D eigenvalue weighted by Gasteiger charge is -1.81. The minimum Gasteiger partial charge on any atom is -0.328 e. The molecule has 0 unspecified atom stereocenters. The van der Waals surface area contributed by atoms with Crippen molar-refractivity contribution >= 4 is 7.54 Å². The summed E-state index contributed by atoms with van der Waals surface area (Å²) in [4.78, 5) is 0. The average Bonchev–Trinajstić information content (AvgIpc) is 1.25. The molecule has 0 spiro atoms. The maximum Gasteiger partial charge on any atom is 0.762 e. The zero-order valence-corrected chi connectivity index (χ0v) is 4.87. The van der Waals surface area contributed by atoms with Crippen molar-refractivity contribution in [1.82, 2.24) is 0 Å². The van der Waals surface area contributed by atoms with Gasteiger partial charge in [-0.2, -0.15) is 0 Å². The fourth-order valence-corrected chi connectivity index (χ4v) is 0. The van der Waals surface area contributed by atoms with E-state index in [9.17, 15) is 12.9 Å². The number of nitrogens with two attached hydrogens (primary N) is 1. The highest BCUT2D eigenvalue weighted by atomic mass is 19.4. The standard InChI is InChI=1S/C3H9N.BF3/c1-3(2)4;2-1(3)4/h3H,4H2,1-2H3;. The molecule has 0 aromatic carbocycles. The molecule has 1 nitrogen and oxygen atoms in total. The van der Waals surface area contributed by atoms with E-state index < -0.39 is 7.54 Å². The summed E-state index contributed by atoms with van der Waals surface area (Å²) in [6, 6.07) is 0.333. The summed E-state index contributed by atoms with van der Waals surface area (Å²) in [7, 11) is -3.67. The van der Waals surface area contributed by atoms with Gasteiger partial charge < -0.3 is 5.73 Å². The Hall–Kier alpha value is -0.185. The molecule has 0 aromatic heterocycles. The second kappa shape index (κ2) is 6.81. The zero-order chi connectivity index (χ0) is 7.15. The predicted octanol–water partition coefficient (Wildman–Crippen LogP) is 1.23. The van der Waals surface area contributed by atoms with Gasteiger partial charge in [0.2, 0.25) is 0 Å². The third-order valence-electron chi connectivity index (χ3n) is 0. The molecule has 0 aliphatic carbocycles. The lowest BCUT2D eigenvalue weighted by atomic mass is 10.5. The van der Waals surface area contributed by atoms with Gasteiger partial charge in [0.15, 0.2) is 0 Å². The molecule has 2 N–H and O–H groups in total. The Kier molecular flexibility index (Phi) is 9.14. The van der Waals surface area contributed by atoms with E-state index in [1.807, 2.05) is 13.8 Å². The minimum absolute atomic E-state index is 0.333. The van der Waals surface area contributed by atoms with E-state index in [4.69, 9.17) is 5.73 Å². The van der Waals surface area contributed by atoms with Crippen LogP contribution >= 0.6 is 0 Å². The normalized spacial score (nSPS) is 7.88. The van der Waals surface area contributed by atoms with Gasteiger partial charge in [0, 0.05) is 0 Å². The first-order chi connectivity index (χ1) is 3.46. The topological polar surface area (TPSA) is 26.0 Å². The highest BCUT2D eigenvalue weighted by Gasteiger charge is 2.06. The maximum atomic E-state index is 9.67. The number of hydrogen-bond acceptors (Lipinski definition) is 1. The Bertz CT molecular complexity index is 30.0. The smallest absolute Gasteiger partial charge is 0.328 e. The van der Waals surface area contributed by atoms with Crippen LogP contribution in [0.1, 0.15) is 13.8 Å². The molecule has 0 fully saturated rings. The molecule has 50 valence electrons. The third kappa shape index (κ3) is 3940. The van der Waals surface area contributed by atoms with Gasteiger partial charge in [0.1, 0.15) is 0 Å². The summed E-state index contributed by atoms with van der Waals surface area (Å²) >= 11 is 0. The van der Waals surface area contributed by atoms with Crippen LogP contribution in [0.5, 0.6) is 0 Å². The molecule has 0 saturated carbocycles. The Balaban J connectivity index is 0. The van der Waals surface area contributed by atoms with Crippen LogP contribution in [-0.4, -0.2) is 13.6 Å². The maximum absolute atomic E-state index is 9.67. The van der Waals surface area contributed by atoms with Crippen molar-refractivity contribution < 1.29 is 12.9 Å². The van der Waals surface area contributed by atoms with Gasteiger partial charge in [-0.3, -0.25) is 12.9 Å². The van der Waals surface area contributed by atoms with Crippen LogP contribution in [0.25, 0.3) is 0 Å². The van der Waals surface area contributed by atoms with Crippen LogP contribution in [0, 0.1) is 0 Å². The Morgan fingerprint density at radius 1 is 1.25 bits per heavy atom. The third-order valence-corrected chi connectivity index (χ3v) is 0. The van der Waals surface area contributed by atoms with Gasteiger partial charge in [-0.25, -0.2) is 0 Å². The van der Waals surface area contributed by atoms with Crippen LogP contribution in [0.2, 0.25) is 0 Å². The van der Waals surface area contributed by atoms with E-state index in [1.165, 1.54) is 0 Å². The monoisotopic (exact) mass is 127 g/mol. The molecule has 0 heterocycles. The van der Waals surface area contributed by atoms with E-state index in [0.717, 1.165) is 0 Å².